The summed E-state index contributed by atoms with van der Waals surface area (Å²) in [5, 5.41) is 1.91. The van der Waals surface area contributed by atoms with Crippen LogP contribution in [0.25, 0.3) is 11.4 Å². The van der Waals surface area contributed by atoms with Crippen molar-refractivity contribution in [2.45, 2.75) is 19.5 Å². The van der Waals surface area contributed by atoms with Crippen LogP contribution in [0.5, 0.6) is 0 Å². The van der Waals surface area contributed by atoms with Crippen molar-refractivity contribution in [3.8, 4) is 11.4 Å². The van der Waals surface area contributed by atoms with Gasteiger partial charge in [0.1, 0.15) is 0 Å². The average molecular weight is 322 g/mol. The van der Waals surface area contributed by atoms with Crippen LogP contribution in [-0.2, 0) is 24.3 Å². The van der Waals surface area contributed by atoms with E-state index in [-0.39, 0.29) is 5.91 Å². The maximum Gasteiger partial charge on any atom is 0.229 e. The standard InChI is InChI=1S/C17H14N4OS/c22-16(6-14-10-23-11-19-14)21-8-13-7-18-17(20-15(13)9-21)12-4-2-1-3-5-12/h1-5,7,10-11H,6,8-9H2. The highest BCUT2D eigenvalue weighted by Crippen LogP contribution is 2.24. The largest absolute Gasteiger partial charge is 0.332 e. The SMILES string of the molecule is O=C(Cc1cscn1)N1Cc2cnc(-c3ccccc3)nc2C1. The molecule has 6 heteroatoms. The fraction of sp³-hybridized carbons (Fsp3) is 0.176. The topological polar surface area (TPSA) is 59.0 Å². The number of thiazole rings is 1. The Labute approximate surface area is 137 Å². The first-order valence-electron chi connectivity index (χ1n) is 7.34. The Morgan fingerprint density at radius 2 is 2.04 bits per heavy atom. The van der Waals surface area contributed by atoms with Gasteiger partial charge >= 0.3 is 0 Å². The van der Waals surface area contributed by atoms with Gasteiger partial charge in [0, 0.05) is 29.2 Å². The van der Waals surface area contributed by atoms with Crippen LogP contribution in [0.2, 0.25) is 0 Å². The predicted molar refractivity (Wildman–Crippen MR) is 87.5 cm³/mol. The van der Waals surface area contributed by atoms with Gasteiger partial charge < -0.3 is 4.90 Å². The van der Waals surface area contributed by atoms with Gasteiger partial charge in [0.05, 0.1) is 29.9 Å². The molecule has 1 amide bonds. The van der Waals surface area contributed by atoms with E-state index < -0.39 is 0 Å². The molecule has 0 bridgehead atoms. The van der Waals surface area contributed by atoms with Crippen molar-refractivity contribution in [2.75, 3.05) is 0 Å². The lowest BCUT2D eigenvalue weighted by Crippen LogP contribution is -2.27. The number of carbonyl (C=O) groups is 1. The van der Waals surface area contributed by atoms with E-state index in [1.807, 2.05) is 46.8 Å². The van der Waals surface area contributed by atoms with Crippen LogP contribution in [0.15, 0.2) is 47.4 Å². The zero-order chi connectivity index (χ0) is 15.6. The Balaban J connectivity index is 1.52. The molecule has 114 valence electrons. The Morgan fingerprint density at radius 1 is 1.17 bits per heavy atom. The van der Waals surface area contributed by atoms with Crippen LogP contribution < -0.4 is 0 Å². The normalized spacial score (nSPS) is 13.1. The molecule has 1 aromatic carbocycles. The van der Waals surface area contributed by atoms with Gasteiger partial charge in [-0.3, -0.25) is 4.79 Å². The molecule has 4 rings (SSSR count). The number of carbonyl (C=O) groups excluding carboxylic acids is 1. The third-order valence-electron chi connectivity index (χ3n) is 3.86. The smallest absolute Gasteiger partial charge is 0.229 e. The lowest BCUT2D eigenvalue weighted by atomic mass is 10.2. The highest BCUT2D eigenvalue weighted by molar-refractivity contribution is 7.07. The summed E-state index contributed by atoms with van der Waals surface area (Å²) in [7, 11) is 0. The van der Waals surface area contributed by atoms with E-state index in [0.29, 0.717) is 25.3 Å². The number of amides is 1. The second-order valence-electron chi connectivity index (χ2n) is 5.44. The van der Waals surface area contributed by atoms with Crippen molar-refractivity contribution >= 4 is 17.2 Å². The number of rotatable bonds is 3. The maximum absolute atomic E-state index is 12.4. The summed E-state index contributed by atoms with van der Waals surface area (Å²) in [5.74, 6) is 0.785. The van der Waals surface area contributed by atoms with Crippen LogP contribution in [-0.4, -0.2) is 25.8 Å². The Kier molecular flexibility index (Phi) is 3.59. The van der Waals surface area contributed by atoms with Crippen molar-refractivity contribution in [1.29, 1.82) is 0 Å². The van der Waals surface area contributed by atoms with Crippen molar-refractivity contribution in [3.63, 3.8) is 0 Å². The van der Waals surface area contributed by atoms with Crippen LogP contribution in [0, 0.1) is 0 Å². The summed E-state index contributed by atoms with van der Waals surface area (Å²) in [6.07, 6.45) is 2.18. The van der Waals surface area contributed by atoms with E-state index in [4.69, 9.17) is 0 Å². The highest BCUT2D eigenvalue weighted by Gasteiger charge is 2.25. The fourth-order valence-electron chi connectivity index (χ4n) is 2.65. The minimum atomic E-state index is 0.0789. The van der Waals surface area contributed by atoms with E-state index >= 15 is 0 Å². The van der Waals surface area contributed by atoms with Gasteiger partial charge in [-0.1, -0.05) is 30.3 Å². The monoisotopic (exact) mass is 322 g/mol. The van der Waals surface area contributed by atoms with Crippen LogP contribution >= 0.6 is 11.3 Å². The zero-order valence-electron chi connectivity index (χ0n) is 12.3. The molecule has 0 atom stereocenters. The molecule has 0 N–H and O–H groups in total. The third kappa shape index (κ3) is 2.85. The maximum atomic E-state index is 12.4. The fourth-order valence-corrected chi connectivity index (χ4v) is 3.21. The first-order valence-corrected chi connectivity index (χ1v) is 8.29. The number of nitrogens with zero attached hydrogens (tertiary/aromatic N) is 4. The van der Waals surface area contributed by atoms with Gasteiger partial charge in [0.15, 0.2) is 5.82 Å². The van der Waals surface area contributed by atoms with Gasteiger partial charge in [0.25, 0.3) is 0 Å². The molecule has 3 heterocycles. The first-order chi connectivity index (χ1) is 11.3. The molecule has 23 heavy (non-hydrogen) atoms. The van der Waals surface area contributed by atoms with Crippen molar-refractivity contribution in [3.05, 3.63) is 64.4 Å². The summed E-state index contributed by atoms with van der Waals surface area (Å²) in [5.41, 5.74) is 5.52. The highest BCUT2D eigenvalue weighted by atomic mass is 32.1. The zero-order valence-corrected chi connectivity index (χ0v) is 13.2. The van der Waals surface area contributed by atoms with E-state index in [9.17, 15) is 4.79 Å². The number of fused-ring (bicyclic) bond motifs is 1. The molecule has 0 fully saturated rings. The van der Waals surface area contributed by atoms with Gasteiger partial charge in [-0.2, -0.15) is 0 Å². The van der Waals surface area contributed by atoms with Gasteiger partial charge in [0.2, 0.25) is 5.91 Å². The Morgan fingerprint density at radius 3 is 2.83 bits per heavy atom. The second-order valence-corrected chi connectivity index (χ2v) is 6.16. The summed E-state index contributed by atoms with van der Waals surface area (Å²) in [6, 6.07) is 9.88. The van der Waals surface area contributed by atoms with E-state index in [1.165, 1.54) is 11.3 Å². The van der Waals surface area contributed by atoms with Gasteiger partial charge in [-0.05, 0) is 0 Å². The summed E-state index contributed by atoms with van der Waals surface area (Å²) in [6.45, 7) is 1.12. The molecule has 0 radical (unpaired) electrons. The quantitative estimate of drug-likeness (QED) is 0.744. The Hall–Kier alpha value is -2.60. The molecule has 0 spiro atoms. The summed E-state index contributed by atoms with van der Waals surface area (Å²) < 4.78 is 0. The van der Waals surface area contributed by atoms with Crippen molar-refractivity contribution < 1.29 is 4.79 Å². The van der Waals surface area contributed by atoms with E-state index in [1.54, 1.807) is 5.51 Å². The molecular formula is C17H14N4OS. The lowest BCUT2D eigenvalue weighted by Gasteiger charge is -2.13. The first kappa shape index (κ1) is 14.0. The third-order valence-corrected chi connectivity index (χ3v) is 4.49. The predicted octanol–water partition coefficient (Wildman–Crippen LogP) is 2.69. The Bertz CT molecular complexity index is 833. The number of aromatic nitrogens is 3. The molecule has 3 aromatic rings. The molecule has 0 saturated heterocycles. The minimum absolute atomic E-state index is 0.0789. The number of hydrogen-bond donors (Lipinski definition) is 0. The van der Waals surface area contributed by atoms with E-state index in [0.717, 1.165) is 22.5 Å². The van der Waals surface area contributed by atoms with Crippen LogP contribution in [0.4, 0.5) is 0 Å². The molecule has 5 nitrogen and oxygen atoms in total. The van der Waals surface area contributed by atoms with Gasteiger partial charge in [-0.25, -0.2) is 15.0 Å². The molecular weight excluding hydrogens is 308 g/mol. The number of hydrogen-bond acceptors (Lipinski definition) is 5. The molecule has 1 aliphatic rings. The second kappa shape index (κ2) is 5.89. The van der Waals surface area contributed by atoms with Crippen molar-refractivity contribution in [2.24, 2.45) is 0 Å². The van der Waals surface area contributed by atoms with Crippen LogP contribution in [0.1, 0.15) is 17.0 Å². The molecule has 0 saturated carbocycles. The van der Waals surface area contributed by atoms with Crippen molar-refractivity contribution in [1.82, 2.24) is 19.9 Å². The molecule has 0 unspecified atom stereocenters. The van der Waals surface area contributed by atoms with Gasteiger partial charge in [-0.15, -0.1) is 11.3 Å². The minimum Gasteiger partial charge on any atom is -0.332 e. The number of benzene rings is 1. The summed E-state index contributed by atoms with van der Waals surface area (Å²) >= 11 is 1.51. The molecule has 0 aliphatic carbocycles. The summed E-state index contributed by atoms with van der Waals surface area (Å²) in [4.78, 5) is 27.4. The average Bonchev–Trinajstić information content (AvgIpc) is 3.24. The van der Waals surface area contributed by atoms with Crippen LogP contribution in [0.3, 0.4) is 0 Å². The van der Waals surface area contributed by atoms with E-state index in [2.05, 4.69) is 15.0 Å². The molecule has 1 aliphatic heterocycles. The molecule has 2 aromatic heterocycles. The lowest BCUT2D eigenvalue weighted by molar-refractivity contribution is -0.131.